The van der Waals surface area contributed by atoms with Gasteiger partial charge < -0.3 is 9.47 Å². The van der Waals surface area contributed by atoms with Crippen molar-refractivity contribution < 1.29 is 24.0 Å². The van der Waals surface area contributed by atoms with E-state index in [-0.39, 0.29) is 38.3 Å². The van der Waals surface area contributed by atoms with Crippen LogP contribution in [0.3, 0.4) is 0 Å². The summed E-state index contributed by atoms with van der Waals surface area (Å²) in [7, 11) is 0. The summed E-state index contributed by atoms with van der Waals surface area (Å²) in [5.41, 5.74) is 0.721. The molecule has 1 aromatic rings. The number of unbranched alkanes of at least 4 members (excludes halogenated alkanes) is 1. The maximum Gasteiger partial charge on any atom is 0.412 e. The van der Waals surface area contributed by atoms with E-state index in [0.717, 1.165) is 5.56 Å². The SMILES string of the molecule is CCOC(=O)/C(=C/CCC[N+](=O)[O-])NC(=O)OCc1ccccc1. The van der Waals surface area contributed by atoms with Crippen molar-refractivity contribution in [2.45, 2.75) is 26.4 Å². The molecule has 8 nitrogen and oxygen atoms in total. The third kappa shape index (κ3) is 7.92. The predicted octanol–water partition coefficient (Wildman–Crippen LogP) is 2.42. The minimum Gasteiger partial charge on any atom is -0.461 e. The number of nitrogens with one attached hydrogen (secondary N) is 1. The summed E-state index contributed by atoms with van der Waals surface area (Å²) in [6.45, 7) is 1.62. The number of allylic oxidation sites excluding steroid dienone is 1. The van der Waals surface area contributed by atoms with Gasteiger partial charge in [-0.3, -0.25) is 15.4 Å². The first-order chi connectivity index (χ1) is 11.5. The monoisotopic (exact) mass is 336 g/mol. The van der Waals surface area contributed by atoms with Gasteiger partial charge in [0.25, 0.3) is 0 Å². The molecule has 0 radical (unpaired) electrons. The molecule has 24 heavy (non-hydrogen) atoms. The highest BCUT2D eigenvalue weighted by Crippen LogP contribution is 2.03. The number of amides is 1. The first-order valence-electron chi connectivity index (χ1n) is 7.49. The highest BCUT2D eigenvalue weighted by molar-refractivity contribution is 5.92. The zero-order chi connectivity index (χ0) is 17.8. The Hall–Kier alpha value is -2.90. The molecule has 0 aliphatic rings. The van der Waals surface area contributed by atoms with Gasteiger partial charge in [-0.15, -0.1) is 0 Å². The molecule has 1 rings (SSSR count). The number of benzene rings is 1. The summed E-state index contributed by atoms with van der Waals surface area (Å²) in [5.74, 6) is -0.713. The first kappa shape index (κ1) is 19.1. The van der Waals surface area contributed by atoms with Crippen LogP contribution < -0.4 is 5.32 Å². The molecule has 0 saturated carbocycles. The fourth-order valence-corrected chi connectivity index (χ4v) is 1.73. The van der Waals surface area contributed by atoms with Crippen LogP contribution in [-0.4, -0.2) is 30.1 Å². The van der Waals surface area contributed by atoms with Crippen molar-refractivity contribution >= 4 is 12.1 Å². The Balaban J connectivity index is 2.55. The average Bonchev–Trinajstić information content (AvgIpc) is 2.56. The number of ether oxygens (including phenoxy) is 2. The van der Waals surface area contributed by atoms with Crippen molar-refractivity contribution in [1.82, 2.24) is 5.32 Å². The number of carbonyl (C=O) groups is 2. The lowest BCUT2D eigenvalue weighted by atomic mass is 10.2. The van der Waals surface area contributed by atoms with Crippen LogP contribution in [0, 0.1) is 10.1 Å². The lowest BCUT2D eigenvalue weighted by Gasteiger charge is -2.10. The fraction of sp³-hybridized carbons (Fsp3) is 0.375. The van der Waals surface area contributed by atoms with Crippen molar-refractivity contribution in [1.29, 1.82) is 0 Å². The van der Waals surface area contributed by atoms with Gasteiger partial charge in [-0.05, 0) is 18.9 Å². The van der Waals surface area contributed by atoms with Crippen LogP contribution in [0.2, 0.25) is 0 Å². The lowest BCUT2D eigenvalue weighted by Crippen LogP contribution is -2.29. The number of rotatable bonds is 9. The summed E-state index contributed by atoms with van der Waals surface area (Å²) in [4.78, 5) is 33.4. The second-order valence-electron chi connectivity index (χ2n) is 4.72. The van der Waals surface area contributed by atoms with Crippen molar-refractivity contribution in [3.8, 4) is 0 Å². The van der Waals surface area contributed by atoms with Gasteiger partial charge in [-0.1, -0.05) is 36.4 Å². The van der Waals surface area contributed by atoms with Gasteiger partial charge in [-0.25, -0.2) is 9.59 Å². The molecule has 1 N–H and O–H groups in total. The molecular formula is C16H20N2O6. The third-order valence-electron chi connectivity index (χ3n) is 2.84. The Bertz CT molecular complexity index is 585. The van der Waals surface area contributed by atoms with Gasteiger partial charge in [0.1, 0.15) is 12.3 Å². The quantitative estimate of drug-likeness (QED) is 0.244. The van der Waals surface area contributed by atoms with Gasteiger partial charge in [0.2, 0.25) is 6.54 Å². The Morgan fingerprint density at radius 2 is 1.96 bits per heavy atom. The van der Waals surface area contributed by atoms with E-state index in [9.17, 15) is 19.7 Å². The smallest absolute Gasteiger partial charge is 0.412 e. The minimum absolute atomic E-state index is 0.0596. The number of hydrogen-bond donors (Lipinski definition) is 1. The summed E-state index contributed by atoms with van der Waals surface area (Å²) in [6, 6.07) is 9.07. The number of nitrogens with zero attached hydrogens (tertiary/aromatic N) is 1. The second-order valence-corrected chi connectivity index (χ2v) is 4.72. The van der Waals surface area contributed by atoms with Crippen molar-refractivity contribution in [3.05, 3.63) is 57.8 Å². The zero-order valence-electron chi connectivity index (χ0n) is 13.4. The largest absolute Gasteiger partial charge is 0.461 e. The van der Waals surface area contributed by atoms with E-state index in [2.05, 4.69) is 5.32 Å². The average molecular weight is 336 g/mol. The molecule has 130 valence electrons. The van der Waals surface area contributed by atoms with Gasteiger partial charge in [0.15, 0.2) is 0 Å². The number of nitro groups is 1. The van der Waals surface area contributed by atoms with E-state index in [0.29, 0.717) is 0 Å². The lowest BCUT2D eigenvalue weighted by molar-refractivity contribution is -0.480. The molecule has 0 fully saturated rings. The molecule has 0 heterocycles. The summed E-state index contributed by atoms with van der Waals surface area (Å²) in [6.07, 6.45) is 1.10. The van der Waals surface area contributed by atoms with Gasteiger partial charge in [0, 0.05) is 11.3 Å². The molecule has 0 bridgehead atoms. The van der Waals surface area contributed by atoms with Gasteiger partial charge in [0.05, 0.1) is 6.61 Å². The Labute approximate surface area is 139 Å². The molecule has 1 amide bonds. The molecule has 0 aliphatic carbocycles. The van der Waals surface area contributed by atoms with Crippen LogP contribution in [0.1, 0.15) is 25.3 Å². The van der Waals surface area contributed by atoms with E-state index in [1.54, 1.807) is 19.1 Å². The number of hydrogen-bond acceptors (Lipinski definition) is 6. The molecule has 0 atom stereocenters. The van der Waals surface area contributed by atoms with E-state index < -0.39 is 17.0 Å². The van der Waals surface area contributed by atoms with E-state index in [4.69, 9.17) is 9.47 Å². The summed E-state index contributed by atoms with van der Waals surface area (Å²) in [5, 5.41) is 12.6. The number of esters is 1. The molecule has 1 aromatic carbocycles. The van der Waals surface area contributed by atoms with Crippen molar-refractivity contribution in [2.24, 2.45) is 0 Å². The topological polar surface area (TPSA) is 108 Å². The Morgan fingerprint density at radius 1 is 1.25 bits per heavy atom. The molecule has 0 saturated heterocycles. The molecular weight excluding hydrogens is 316 g/mol. The highest BCUT2D eigenvalue weighted by atomic mass is 16.6. The van der Waals surface area contributed by atoms with Gasteiger partial charge >= 0.3 is 12.1 Å². The summed E-state index contributed by atoms with van der Waals surface area (Å²) >= 11 is 0. The minimum atomic E-state index is -0.799. The summed E-state index contributed by atoms with van der Waals surface area (Å²) < 4.78 is 9.86. The maximum atomic E-state index is 11.8. The number of alkyl carbamates (subject to hydrolysis) is 1. The van der Waals surface area contributed by atoms with Crippen LogP contribution in [-0.2, 0) is 20.9 Å². The van der Waals surface area contributed by atoms with Crippen LogP contribution in [0.5, 0.6) is 0 Å². The van der Waals surface area contributed by atoms with Crippen molar-refractivity contribution in [3.63, 3.8) is 0 Å². The second kappa shape index (κ2) is 10.8. The van der Waals surface area contributed by atoms with Gasteiger partial charge in [-0.2, -0.15) is 0 Å². The number of carbonyl (C=O) groups excluding carboxylic acids is 2. The Kier molecular flexibility index (Phi) is 8.59. The molecule has 0 unspecified atom stereocenters. The fourth-order valence-electron chi connectivity index (χ4n) is 1.73. The normalized spacial score (nSPS) is 10.8. The highest BCUT2D eigenvalue weighted by Gasteiger charge is 2.15. The van der Waals surface area contributed by atoms with Crippen LogP contribution in [0.15, 0.2) is 42.1 Å². The zero-order valence-corrected chi connectivity index (χ0v) is 13.4. The maximum absolute atomic E-state index is 11.8. The molecule has 8 heteroatoms. The van der Waals surface area contributed by atoms with Crippen molar-refractivity contribution in [2.75, 3.05) is 13.2 Å². The van der Waals surface area contributed by atoms with E-state index in [1.807, 2.05) is 18.2 Å². The molecule has 0 aliphatic heterocycles. The molecule has 0 spiro atoms. The van der Waals surface area contributed by atoms with Crippen LogP contribution in [0.25, 0.3) is 0 Å². The first-order valence-corrected chi connectivity index (χ1v) is 7.49. The van der Waals surface area contributed by atoms with E-state index in [1.165, 1.54) is 6.08 Å². The predicted molar refractivity (Wildman–Crippen MR) is 85.6 cm³/mol. The third-order valence-corrected chi connectivity index (χ3v) is 2.84. The van der Waals surface area contributed by atoms with Crippen LogP contribution in [0.4, 0.5) is 4.79 Å². The standard InChI is InChI=1S/C16H20N2O6/c1-2-23-15(19)14(10-6-7-11-18(21)22)17-16(20)24-12-13-8-4-3-5-9-13/h3-5,8-10H,2,6-7,11-12H2,1H3,(H,17,20)/b14-10-. The molecule has 0 aromatic heterocycles. The Morgan fingerprint density at radius 3 is 2.58 bits per heavy atom. The van der Waals surface area contributed by atoms with Crippen LogP contribution >= 0.6 is 0 Å². The van der Waals surface area contributed by atoms with E-state index >= 15 is 0 Å².